The van der Waals surface area contributed by atoms with Crippen molar-refractivity contribution in [3.63, 3.8) is 0 Å². The van der Waals surface area contributed by atoms with Gasteiger partial charge in [-0.1, -0.05) is 18.2 Å². The number of amides is 1. The van der Waals surface area contributed by atoms with Gasteiger partial charge in [0.05, 0.1) is 0 Å². The van der Waals surface area contributed by atoms with Crippen LogP contribution in [0, 0.1) is 0 Å². The zero-order valence-corrected chi connectivity index (χ0v) is 9.84. The number of carbonyl (C=O) groups excluding carboxylic acids is 1. The molecule has 0 spiro atoms. The van der Waals surface area contributed by atoms with E-state index in [0.29, 0.717) is 5.54 Å². The smallest absolute Gasteiger partial charge is 0.221 e. The highest BCUT2D eigenvalue weighted by molar-refractivity contribution is 5.89. The van der Waals surface area contributed by atoms with Crippen LogP contribution in [-0.2, 0) is 11.3 Å². The molecule has 0 bridgehead atoms. The van der Waals surface area contributed by atoms with Crippen molar-refractivity contribution in [2.45, 2.75) is 38.8 Å². The standard InChI is InChI=1S/C13H18N2O/c1-10(16)15-12-6-4-3-5-11(12)9-14-13(2)7-8-13/h3-6,14H,7-9H2,1-2H3,(H,15,16). The third-order valence-electron chi connectivity index (χ3n) is 3.03. The number of benzene rings is 1. The molecule has 0 saturated heterocycles. The molecule has 0 unspecified atom stereocenters. The molecule has 1 aromatic rings. The molecule has 0 aromatic heterocycles. The number of hydrogen-bond acceptors (Lipinski definition) is 2. The van der Waals surface area contributed by atoms with Crippen LogP contribution in [0.3, 0.4) is 0 Å². The fraction of sp³-hybridized carbons (Fsp3) is 0.462. The van der Waals surface area contributed by atoms with E-state index in [1.54, 1.807) is 0 Å². The predicted octanol–water partition coefficient (Wildman–Crippen LogP) is 2.29. The summed E-state index contributed by atoms with van der Waals surface area (Å²) in [5, 5.41) is 6.36. The van der Waals surface area contributed by atoms with Gasteiger partial charge < -0.3 is 10.6 Å². The van der Waals surface area contributed by atoms with Gasteiger partial charge in [-0.15, -0.1) is 0 Å². The topological polar surface area (TPSA) is 41.1 Å². The lowest BCUT2D eigenvalue weighted by atomic mass is 10.1. The Hall–Kier alpha value is -1.35. The predicted molar refractivity (Wildman–Crippen MR) is 65.2 cm³/mol. The minimum Gasteiger partial charge on any atom is -0.326 e. The lowest BCUT2D eigenvalue weighted by Gasteiger charge is -2.14. The van der Waals surface area contributed by atoms with Crippen molar-refractivity contribution >= 4 is 11.6 Å². The van der Waals surface area contributed by atoms with E-state index in [-0.39, 0.29) is 5.91 Å². The molecule has 16 heavy (non-hydrogen) atoms. The van der Waals surface area contributed by atoms with Crippen molar-refractivity contribution < 1.29 is 4.79 Å². The normalized spacial score (nSPS) is 16.9. The Labute approximate surface area is 96.2 Å². The second kappa shape index (κ2) is 4.26. The van der Waals surface area contributed by atoms with Crippen molar-refractivity contribution in [2.24, 2.45) is 0 Å². The number of rotatable bonds is 4. The summed E-state index contributed by atoms with van der Waals surface area (Å²) in [5.41, 5.74) is 2.38. The maximum Gasteiger partial charge on any atom is 0.221 e. The molecular formula is C13H18N2O. The first-order valence-corrected chi connectivity index (χ1v) is 5.70. The Morgan fingerprint density at radius 2 is 2.06 bits per heavy atom. The van der Waals surface area contributed by atoms with E-state index < -0.39 is 0 Å². The molecule has 1 aromatic carbocycles. The highest BCUT2D eigenvalue weighted by atomic mass is 16.1. The van der Waals surface area contributed by atoms with Crippen LogP contribution in [0.25, 0.3) is 0 Å². The highest BCUT2D eigenvalue weighted by Gasteiger charge is 2.36. The zero-order valence-electron chi connectivity index (χ0n) is 9.84. The molecule has 0 atom stereocenters. The summed E-state index contributed by atoms with van der Waals surface area (Å²) >= 11 is 0. The van der Waals surface area contributed by atoms with Gasteiger partial charge in [-0.25, -0.2) is 0 Å². The van der Waals surface area contributed by atoms with Gasteiger partial charge in [0.25, 0.3) is 0 Å². The molecule has 2 N–H and O–H groups in total. The first kappa shape index (κ1) is 11.1. The molecule has 1 fully saturated rings. The van der Waals surface area contributed by atoms with E-state index in [1.165, 1.54) is 19.8 Å². The quantitative estimate of drug-likeness (QED) is 0.814. The third kappa shape index (κ3) is 2.83. The van der Waals surface area contributed by atoms with E-state index in [9.17, 15) is 4.79 Å². The van der Waals surface area contributed by atoms with Gasteiger partial charge in [-0.05, 0) is 31.4 Å². The maximum absolute atomic E-state index is 11.0. The summed E-state index contributed by atoms with van der Waals surface area (Å²) in [4.78, 5) is 11.0. The van der Waals surface area contributed by atoms with E-state index in [1.807, 2.05) is 24.3 Å². The Bertz CT molecular complexity index is 397. The number of nitrogens with one attached hydrogen (secondary N) is 2. The Kier molecular flexibility index (Phi) is 2.97. The van der Waals surface area contributed by atoms with Gasteiger partial charge >= 0.3 is 0 Å². The summed E-state index contributed by atoms with van der Waals surface area (Å²) < 4.78 is 0. The fourth-order valence-electron chi connectivity index (χ4n) is 1.66. The van der Waals surface area contributed by atoms with Crippen molar-refractivity contribution in [1.82, 2.24) is 5.32 Å². The Balaban J connectivity index is 2.03. The molecular weight excluding hydrogens is 200 g/mol. The molecule has 1 saturated carbocycles. The molecule has 86 valence electrons. The zero-order chi connectivity index (χ0) is 11.6. The van der Waals surface area contributed by atoms with Gasteiger partial charge in [0.15, 0.2) is 0 Å². The van der Waals surface area contributed by atoms with Gasteiger partial charge in [-0.2, -0.15) is 0 Å². The summed E-state index contributed by atoms with van der Waals surface area (Å²) in [6, 6.07) is 7.92. The highest BCUT2D eigenvalue weighted by Crippen LogP contribution is 2.34. The average molecular weight is 218 g/mol. The summed E-state index contributed by atoms with van der Waals surface area (Å²) in [7, 11) is 0. The van der Waals surface area contributed by atoms with Crippen LogP contribution < -0.4 is 10.6 Å². The molecule has 3 nitrogen and oxygen atoms in total. The van der Waals surface area contributed by atoms with Crippen LogP contribution >= 0.6 is 0 Å². The number of para-hydroxylation sites is 1. The van der Waals surface area contributed by atoms with Crippen LogP contribution in [0.2, 0.25) is 0 Å². The number of anilines is 1. The van der Waals surface area contributed by atoms with E-state index in [4.69, 9.17) is 0 Å². The molecule has 1 aliphatic carbocycles. The Morgan fingerprint density at radius 3 is 2.69 bits per heavy atom. The molecule has 1 amide bonds. The fourth-order valence-corrected chi connectivity index (χ4v) is 1.66. The van der Waals surface area contributed by atoms with Crippen LogP contribution in [0.15, 0.2) is 24.3 Å². The SMILES string of the molecule is CC(=O)Nc1ccccc1CNC1(C)CC1. The second-order valence-corrected chi connectivity index (χ2v) is 4.75. The molecule has 2 rings (SSSR count). The van der Waals surface area contributed by atoms with Crippen molar-refractivity contribution in [3.05, 3.63) is 29.8 Å². The first-order valence-electron chi connectivity index (χ1n) is 5.70. The van der Waals surface area contributed by atoms with Gasteiger partial charge in [0.1, 0.15) is 0 Å². The Morgan fingerprint density at radius 1 is 1.38 bits per heavy atom. The molecule has 0 radical (unpaired) electrons. The lowest BCUT2D eigenvalue weighted by Crippen LogP contribution is -2.27. The monoisotopic (exact) mass is 218 g/mol. The van der Waals surface area contributed by atoms with Crippen LogP contribution in [-0.4, -0.2) is 11.4 Å². The molecule has 0 aliphatic heterocycles. The van der Waals surface area contributed by atoms with Crippen LogP contribution in [0.4, 0.5) is 5.69 Å². The summed E-state index contributed by atoms with van der Waals surface area (Å²) in [5.74, 6) is -0.0231. The van der Waals surface area contributed by atoms with Crippen LogP contribution in [0.1, 0.15) is 32.3 Å². The van der Waals surface area contributed by atoms with Gasteiger partial charge in [-0.3, -0.25) is 4.79 Å². The number of hydrogen-bond donors (Lipinski definition) is 2. The first-order chi connectivity index (χ1) is 7.59. The van der Waals surface area contributed by atoms with Gasteiger partial charge in [0.2, 0.25) is 5.91 Å². The minimum absolute atomic E-state index is 0.0231. The number of carbonyl (C=O) groups is 1. The lowest BCUT2D eigenvalue weighted by molar-refractivity contribution is -0.114. The van der Waals surface area contributed by atoms with Crippen molar-refractivity contribution in [1.29, 1.82) is 0 Å². The van der Waals surface area contributed by atoms with Crippen LogP contribution in [0.5, 0.6) is 0 Å². The summed E-state index contributed by atoms with van der Waals surface area (Å²) in [6.07, 6.45) is 2.49. The van der Waals surface area contributed by atoms with Crippen molar-refractivity contribution in [3.8, 4) is 0 Å². The maximum atomic E-state index is 11.0. The third-order valence-corrected chi connectivity index (χ3v) is 3.03. The minimum atomic E-state index is -0.0231. The molecule has 0 heterocycles. The largest absolute Gasteiger partial charge is 0.326 e. The molecule has 3 heteroatoms. The van der Waals surface area contributed by atoms with E-state index in [2.05, 4.69) is 17.6 Å². The van der Waals surface area contributed by atoms with E-state index >= 15 is 0 Å². The molecule has 1 aliphatic rings. The average Bonchev–Trinajstić information content (AvgIpc) is 2.95. The van der Waals surface area contributed by atoms with Crippen molar-refractivity contribution in [2.75, 3.05) is 5.32 Å². The van der Waals surface area contributed by atoms with E-state index in [0.717, 1.165) is 17.8 Å². The summed E-state index contributed by atoms with van der Waals surface area (Å²) in [6.45, 7) is 4.58. The van der Waals surface area contributed by atoms with Gasteiger partial charge in [0, 0.05) is 24.7 Å². The second-order valence-electron chi connectivity index (χ2n) is 4.75.